The lowest BCUT2D eigenvalue weighted by Gasteiger charge is -2.24. The molecule has 0 saturated heterocycles. The summed E-state index contributed by atoms with van der Waals surface area (Å²) in [5.41, 5.74) is 9.71. The van der Waals surface area contributed by atoms with Gasteiger partial charge in [0.1, 0.15) is 4.99 Å². The molecular formula is C14H24N4S. The van der Waals surface area contributed by atoms with Crippen molar-refractivity contribution in [3.63, 3.8) is 0 Å². The number of rotatable bonds is 6. The SMILES string of the molecule is Cc1cc(N(C)CCCN(C)C)c(C(N)=S)c(C)n1. The number of pyridine rings is 1. The smallest absolute Gasteiger partial charge is 0.107 e. The predicted octanol–water partition coefficient (Wildman–Crippen LogP) is 1.72. The number of anilines is 1. The predicted molar refractivity (Wildman–Crippen MR) is 86.0 cm³/mol. The summed E-state index contributed by atoms with van der Waals surface area (Å²) in [5.74, 6) is 0. The van der Waals surface area contributed by atoms with Gasteiger partial charge in [0.25, 0.3) is 0 Å². The molecule has 1 aromatic heterocycles. The molecule has 4 nitrogen and oxygen atoms in total. The molecule has 0 spiro atoms. The van der Waals surface area contributed by atoms with Crippen LogP contribution in [0.5, 0.6) is 0 Å². The Morgan fingerprint density at radius 2 is 1.89 bits per heavy atom. The zero-order valence-electron chi connectivity index (χ0n) is 12.5. The first-order valence-electron chi connectivity index (χ1n) is 6.47. The van der Waals surface area contributed by atoms with E-state index in [1.165, 1.54) is 0 Å². The minimum absolute atomic E-state index is 0.416. The monoisotopic (exact) mass is 280 g/mol. The average Bonchev–Trinajstić information content (AvgIpc) is 2.26. The van der Waals surface area contributed by atoms with Crippen molar-refractivity contribution in [3.05, 3.63) is 23.0 Å². The molecule has 0 aromatic carbocycles. The fourth-order valence-corrected chi connectivity index (χ4v) is 2.41. The second kappa shape index (κ2) is 6.82. The molecule has 0 aliphatic rings. The summed E-state index contributed by atoms with van der Waals surface area (Å²) >= 11 is 5.16. The van der Waals surface area contributed by atoms with E-state index in [4.69, 9.17) is 18.0 Å². The maximum Gasteiger partial charge on any atom is 0.107 e. The molecule has 1 rings (SSSR count). The lowest BCUT2D eigenvalue weighted by molar-refractivity contribution is 0.401. The Morgan fingerprint density at radius 3 is 2.42 bits per heavy atom. The molecule has 0 aliphatic carbocycles. The third kappa shape index (κ3) is 4.44. The van der Waals surface area contributed by atoms with Crippen molar-refractivity contribution in [2.45, 2.75) is 20.3 Å². The summed E-state index contributed by atoms with van der Waals surface area (Å²) in [6, 6.07) is 2.05. The summed E-state index contributed by atoms with van der Waals surface area (Å²) in [7, 11) is 6.24. The molecule has 0 radical (unpaired) electrons. The minimum Gasteiger partial charge on any atom is -0.389 e. The highest BCUT2D eigenvalue weighted by Gasteiger charge is 2.14. The van der Waals surface area contributed by atoms with Gasteiger partial charge in [0.05, 0.1) is 11.3 Å². The molecule has 5 heteroatoms. The van der Waals surface area contributed by atoms with Crippen LogP contribution in [0.1, 0.15) is 23.4 Å². The van der Waals surface area contributed by atoms with Crippen LogP contribution in [0.3, 0.4) is 0 Å². The molecule has 0 atom stereocenters. The Hall–Kier alpha value is -1.20. The Balaban J connectivity index is 2.94. The van der Waals surface area contributed by atoms with E-state index in [9.17, 15) is 0 Å². The van der Waals surface area contributed by atoms with Gasteiger partial charge in [0.2, 0.25) is 0 Å². The third-order valence-corrected chi connectivity index (χ3v) is 3.27. The lowest BCUT2D eigenvalue weighted by atomic mass is 10.1. The summed E-state index contributed by atoms with van der Waals surface area (Å²) in [5, 5.41) is 0. The number of nitrogens with zero attached hydrogens (tertiary/aromatic N) is 3. The van der Waals surface area contributed by atoms with Gasteiger partial charge >= 0.3 is 0 Å². The van der Waals surface area contributed by atoms with Crippen LogP contribution in [0, 0.1) is 13.8 Å². The molecule has 0 bridgehead atoms. The number of hydrogen-bond donors (Lipinski definition) is 1. The molecule has 0 saturated carbocycles. The van der Waals surface area contributed by atoms with Gasteiger partial charge < -0.3 is 15.5 Å². The van der Waals surface area contributed by atoms with Crippen LogP contribution in [0.2, 0.25) is 0 Å². The molecule has 19 heavy (non-hydrogen) atoms. The normalized spacial score (nSPS) is 10.8. The van der Waals surface area contributed by atoms with Crippen LogP contribution < -0.4 is 10.6 Å². The van der Waals surface area contributed by atoms with Crippen molar-refractivity contribution in [2.24, 2.45) is 5.73 Å². The molecule has 0 fully saturated rings. The van der Waals surface area contributed by atoms with Gasteiger partial charge in [-0.2, -0.15) is 0 Å². The molecule has 0 aliphatic heterocycles. The van der Waals surface area contributed by atoms with E-state index in [-0.39, 0.29) is 0 Å². The maximum absolute atomic E-state index is 5.84. The van der Waals surface area contributed by atoms with Crippen LogP contribution in [0.25, 0.3) is 0 Å². The number of hydrogen-bond acceptors (Lipinski definition) is 4. The Bertz CT molecular complexity index is 457. The van der Waals surface area contributed by atoms with Crippen LogP contribution in [0.4, 0.5) is 5.69 Å². The zero-order chi connectivity index (χ0) is 14.6. The molecule has 106 valence electrons. The maximum atomic E-state index is 5.84. The second-order valence-corrected chi connectivity index (χ2v) is 5.63. The number of thiocarbonyl (C=S) groups is 1. The third-order valence-electron chi connectivity index (χ3n) is 3.06. The quantitative estimate of drug-likeness (QED) is 0.804. The van der Waals surface area contributed by atoms with E-state index in [1.54, 1.807) is 0 Å². The van der Waals surface area contributed by atoms with E-state index in [1.807, 2.05) is 13.8 Å². The highest BCUT2D eigenvalue weighted by molar-refractivity contribution is 7.80. The second-order valence-electron chi connectivity index (χ2n) is 5.19. The minimum atomic E-state index is 0.416. The zero-order valence-corrected chi connectivity index (χ0v) is 13.3. The number of aryl methyl sites for hydroxylation is 2. The molecule has 1 aromatic rings. The van der Waals surface area contributed by atoms with Crippen molar-refractivity contribution >= 4 is 22.9 Å². The standard InChI is InChI=1S/C14H24N4S/c1-10-9-12(13(14(15)19)11(2)16-10)18(5)8-6-7-17(3)4/h9H,6-8H2,1-5H3,(H2,15,19). The lowest BCUT2D eigenvalue weighted by Crippen LogP contribution is -2.26. The first-order chi connectivity index (χ1) is 8.82. The molecule has 0 amide bonds. The van der Waals surface area contributed by atoms with E-state index >= 15 is 0 Å². The van der Waals surface area contributed by atoms with Crippen LogP contribution in [-0.4, -0.2) is 49.1 Å². The highest BCUT2D eigenvalue weighted by Crippen LogP contribution is 2.23. The summed E-state index contributed by atoms with van der Waals surface area (Å²) in [4.78, 5) is 9.25. The molecule has 2 N–H and O–H groups in total. The van der Waals surface area contributed by atoms with Gasteiger partial charge in [-0.15, -0.1) is 0 Å². The van der Waals surface area contributed by atoms with Crippen LogP contribution >= 0.6 is 12.2 Å². The topological polar surface area (TPSA) is 45.4 Å². The summed E-state index contributed by atoms with van der Waals surface area (Å²) < 4.78 is 0. The van der Waals surface area contributed by atoms with E-state index in [0.717, 1.165) is 42.1 Å². The fraction of sp³-hybridized carbons (Fsp3) is 0.571. The Labute approximate surface area is 121 Å². The highest BCUT2D eigenvalue weighted by atomic mass is 32.1. The van der Waals surface area contributed by atoms with Gasteiger partial charge in [0.15, 0.2) is 0 Å². The first kappa shape index (κ1) is 15.9. The van der Waals surface area contributed by atoms with Gasteiger partial charge in [-0.1, -0.05) is 12.2 Å². The Morgan fingerprint density at radius 1 is 1.26 bits per heavy atom. The first-order valence-corrected chi connectivity index (χ1v) is 6.87. The van der Waals surface area contributed by atoms with Crippen LogP contribution in [-0.2, 0) is 0 Å². The molecule has 1 heterocycles. The van der Waals surface area contributed by atoms with Gasteiger partial charge in [-0.25, -0.2) is 0 Å². The number of aromatic nitrogens is 1. The van der Waals surface area contributed by atoms with Crippen molar-refractivity contribution < 1.29 is 0 Å². The van der Waals surface area contributed by atoms with Crippen molar-refractivity contribution in [2.75, 3.05) is 39.1 Å². The number of nitrogens with two attached hydrogens (primary N) is 1. The van der Waals surface area contributed by atoms with E-state index in [2.05, 4.69) is 42.0 Å². The summed E-state index contributed by atoms with van der Waals surface area (Å²) in [6.07, 6.45) is 1.10. The average molecular weight is 280 g/mol. The summed E-state index contributed by atoms with van der Waals surface area (Å²) in [6.45, 7) is 5.98. The van der Waals surface area contributed by atoms with Crippen molar-refractivity contribution in [1.82, 2.24) is 9.88 Å². The van der Waals surface area contributed by atoms with E-state index < -0.39 is 0 Å². The van der Waals surface area contributed by atoms with Gasteiger partial charge in [0, 0.05) is 25.0 Å². The van der Waals surface area contributed by atoms with Gasteiger partial charge in [-0.05, 0) is 47.0 Å². The molecule has 0 unspecified atom stereocenters. The largest absolute Gasteiger partial charge is 0.389 e. The van der Waals surface area contributed by atoms with Crippen LogP contribution in [0.15, 0.2) is 6.07 Å². The van der Waals surface area contributed by atoms with Crippen molar-refractivity contribution in [3.8, 4) is 0 Å². The Kier molecular flexibility index (Phi) is 5.69. The molecular weight excluding hydrogens is 256 g/mol. The van der Waals surface area contributed by atoms with Gasteiger partial charge in [-0.3, -0.25) is 4.98 Å². The van der Waals surface area contributed by atoms with Crippen molar-refractivity contribution in [1.29, 1.82) is 0 Å². The fourth-order valence-electron chi connectivity index (χ4n) is 2.16. The van der Waals surface area contributed by atoms with E-state index in [0.29, 0.717) is 4.99 Å².